The maximum atomic E-state index is 5.92. The van der Waals surface area contributed by atoms with Crippen molar-refractivity contribution in [3.63, 3.8) is 0 Å². The fraction of sp³-hybridized carbons (Fsp3) is 0.769. The molecule has 0 aromatic carbocycles. The second-order valence-corrected chi connectivity index (χ2v) is 5.29. The van der Waals surface area contributed by atoms with Crippen LogP contribution >= 0.6 is 0 Å². The van der Waals surface area contributed by atoms with Gasteiger partial charge in [-0.05, 0) is 36.8 Å². The van der Waals surface area contributed by atoms with Crippen molar-refractivity contribution in [1.29, 1.82) is 0 Å². The Morgan fingerprint density at radius 2 is 2.12 bits per heavy atom. The number of nitrogens with zero attached hydrogens (tertiary/aromatic N) is 2. The SMILES string of the molecule is CCc1cc(CC(C)(CN)C(C)C)n(C)n1. The molecule has 92 valence electrons. The molecule has 0 aliphatic heterocycles. The lowest BCUT2D eigenvalue weighted by molar-refractivity contribution is 0.222. The van der Waals surface area contributed by atoms with Gasteiger partial charge >= 0.3 is 0 Å². The lowest BCUT2D eigenvalue weighted by Gasteiger charge is -2.32. The van der Waals surface area contributed by atoms with Gasteiger partial charge in [-0.3, -0.25) is 4.68 Å². The molecule has 0 saturated carbocycles. The van der Waals surface area contributed by atoms with Crippen molar-refractivity contribution in [2.45, 2.75) is 40.5 Å². The van der Waals surface area contributed by atoms with E-state index in [4.69, 9.17) is 5.73 Å². The first-order chi connectivity index (χ1) is 7.42. The summed E-state index contributed by atoms with van der Waals surface area (Å²) in [5.41, 5.74) is 8.54. The number of aromatic nitrogens is 2. The molecule has 3 heteroatoms. The van der Waals surface area contributed by atoms with Crippen molar-refractivity contribution in [3.05, 3.63) is 17.5 Å². The van der Waals surface area contributed by atoms with Crippen LogP contribution in [0, 0.1) is 11.3 Å². The Morgan fingerprint density at radius 1 is 1.50 bits per heavy atom. The second-order valence-electron chi connectivity index (χ2n) is 5.29. The van der Waals surface area contributed by atoms with Gasteiger partial charge in [0.05, 0.1) is 5.69 Å². The first-order valence-corrected chi connectivity index (χ1v) is 6.14. The summed E-state index contributed by atoms with van der Waals surface area (Å²) in [6, 6.07) is 2.20. The second kappa shape index (κ2) is 5.00. The summed E-state index contributed by atoms with van der Waals surface area (Å²) in [7, 11) is 2.02. The summed E-state index contributed by atoms with van der Waals surface area (Å²) >= 11 is 0. The van der Waals surface area contributed by atoms with E-state index in [-0.39, 0.29) is 5.41 Å². The van der Waals surface area contributed by atoms with Crippen LogP contribution in [-0.2, 0) is 19.9 Å². The van der Waals surface area contributed by atoms with Crippen LogP contribution in [0.1, 0.15) is 39.1 Å². The van der Waals surface area contributed by atoms with Crippen LogP contribution in [0.2, 0.25) is 0 Å². The molecule has 0 amide bonds. The fourth-order valence-corrected chi connectivity index (χ4v) is 1.84. The van der Waals surface area contributed by atoms with E-state index in [0.717, 1.165) is 19.4 Å². The Bertz CT molecular complexity index is 341. The van der Waals surface area contributed by atoms with Gasteiger partial charge in [0.2, 0.25) is 0 Å². The monoisotopic (exact) mass is 223 g/mol. The highest BCUT2D eigenvalue weighted by Gasteiger charge is 2.28. The van der Waals surface area contributed by atoms with Gasteiger partial charge in [0, 0.05) is 12.7 Å². The van der Waals surface area contributed by atoms with E-state index in [2.05, 4.69) is 38.9 Å². The minimum atomic E-state index is 0.165. The van der Waals surface area contributed by atoms with Crippen molar-refractivity contribution < 1.29 is 0 Å². The fourth-order valence-electron chi connectivity index (χ4n) is 1.84. The maximum Gasteiger partial charge on any atom is 0.0624 e. The van der Waals surface area contributed by atoms with E-state index in [1.54, 1.807) is 0 Å². The third kappa shape index (κ3) is 2.64. The molecule has 2 N–H and O–H groups in total. The van der Waals surface area contributed by atoms with Crippen LogP contribution in [0.3, 0.4) is 0 Å². The average molecular weight is 223 g/mol. The van der Waals surface area contributed by atoms with Gasteiger partial charge in [0.25, 0.3) is 0 Å². The van der Waals surface area contributed by atoms with Crippen LogP contribution in [-0.4, -0.2) is 16.3 Å². The highest BCUT2D eigenvalue weighted by Crippen LogP contribution is 2.30. The smallest absolute Gasteiger partial charge is 0.0624 e. The molecule has 0 bridgehead atoms. The molecule has 0 saturated heterocycles. The lowest BCUT2D eigenvalue weighted by Crippen LogP contribution is -2.35. The molecule has 1 rings (SSSR count). The van der Waals surface area contributed by atoms with E-state index in [9.17, 15) is 0 Å². The zero-order valence-electron chi connectivity index (χ0n) is 11.2. The van der Waals surface area contributed by atoms with E-state index < -0.39 is 0 Å². The first kappa shape index (κ1) is 13.2. The Hall–Kier alpha value is -0.830. The van der Waals surface area contributed by atoms with Crippen molar-refractivity contribution in [2.75, 3.05) is 6.54 Å². The summed E-state index contributed by atoms with van der Waals surface area (Å²) in [5, 5.41) is 4.48. The van der Waals surface area contributed by atoms with Crippen LogP contribution in [0.5, 0.6) is 0 Å². The van der Waals surface area contributed by atoms with Gasteiger partial charge in [-0.2, -0.15) is 5.10 Å². The predicted octanol–water partition coefficient (Wildman–Crippen LogP) is 2.15. The van der Waals surface area contributed by atoms with Crippen LogP contribution in [0.4, 0.5) is 0 Å². The summed E-state index contributed by atoms with van der Waals surface area (Å²) in [5.74, 6) is 0.581. The highest BCUT2D eigenvalue weighted by atomic mass is 15.3. The number of aryl methyl sites for hydroxylation is 2. The lowest BCUT2D eigenvalue weighted by atomic mass is 9.75. The minimum Gasteiger partial charge on any atom is -0.330 e. The molecule has 1 unspecified atom stereocenters. The summed E-state index contributed by atoms with van der Waals surface area (Å²) in [6.45, 7) is 9.60. The standard InChI is InChI=1S/C13H25N3/c1-6-11-7-12(16(5)15-11)8-13(4,9-14)10(2)3/h7,10H,6,8-9,14H2,1-5H3. The molecule has 1 heterocycles. The Balaban J connectivity index is 2.89. The first-order valence-electron chi connectivity index (χ1n) is 6.14. The zero-order chi connectivity index (χ0) is 12.3. The van der Waals surface area contributed by atoms with Gasteiger partial charge in [-0.25, -0.2) is 0 Å². The molecule has 16 heavy (non-hydrogen) atoms. The molecular weight excluding hydrogens is 198 g/mol. The van der Waals surface area contributed by atoms with Crippen LogP contribution in [0.25, 0.3) is 0 Å². The quantitative estimate of drug-likeness (QED) is 0.831. The van der Waals surface area contributed by atoms with Gasteiger partial charge in [-0.1, -0.05) is 27.7 Å². The molecule has 0 aliphatic carbocycles. The van der Waals surface area contributed by atoms with Crippen molar-refractivity contribution in [1.82, 2.24) is 9.78 Å². The molecule has 1 aromatic heterocycles. The Labute approximate surface area is 99.0 Å². The molecule has 3 nitrogen and oxygen atoms in total. The van der Waals surface area contributed by atoms with E-state index in [0.29, 0.717) is 5.92 Å². The normalized spacial score (nSPS) is 15.4. The van der Waals surface area contributed by atoms with E-state index in [1.807, 2.05) is 11.7 Å². The van der Waals surface area contributed by atoms with E-state index in [1.165, 1.54) is 11.4 Å². The molecule has 1 atom stereocenters. The van der Waals surface area contributed by atoms with Crippen LogP contribution < -0.4 is 5.73 Å². The molecule has 1 aromatic rings. The highest BCUT2D eigenvalue weighted by molar-refractivity contribution is 5.12. The van der Waals surface area contributed by atoms with Crippen LogP contribution in [0.15, 0.2) is 6.07 Å². The van der Waals surface area contributed by atoms with Gasteiger partial charge in [-0.15, -0.1) is 0 Å². The molecule has 0 fully saturated rings. The molecule has 0 radical (unpaired) electrons. The van der Waals surface area contributed by atoms with Crippen molar-refractivity contribution in [2.24, 2.45) is 24.1 Å². The third-order valence-electron chi connectivity index (χ3n) is 3.83. The van der Waals surface area contributed by atoms with E-state index >= 15 is 0 Å². The van der Waals surface area contributed by atoms with Gasteiger partial charge in [0.15, 0.2) is 0 Å². The minimum absolute atomic E-state index is 0.165. The zero-order valence-corrected chi connectivity index (χ0v) is 11.2. The molecule has 0 aliphatic rings. The predicted molar refractivity (Wildman–Crippen MR) is 68.3 cm³/mol. The Kier molecular flexibility index (Phi) is 4.14. The largest absolute Gasteiger partial charge is 0.330 e. The van der Waals surface area contributed by atoms with Gasteiger partial charge in [0.1, 0.15) is 0 Å². The molecular formula is C13H25N3. The third-order valence-corrected chi connectivity index (χ3v) is 3.83. The number of nitrogens with two attached hydrogens (primary N) is 1. The Morgan fingerprint density at radius 3 is 2.50 bits per heavy atom. The van der Waals surface area contributed by atoms with Gasteiger partial charge < -0.3 is 5.73 Å². The average Bonchev–Trinajstić information content (AvgIpc) is 2.59. The van der Waals surface area contributed by atoms with Crippen molar-refractivity contribution in [3.8, 4) is 0 Å². The summed E-state index contributed by atoms with van der Waals surface area (Å²) in [6.07, 6.45) is 2.00. The topological polar surface area (TPSA) is 43.8 Å². The number of rotatable bonds is 5. The molecule has 0 spiro atoms. The number of hydrogen-bond donors (Lipinski definition) is 1. The van der Waals surface area contributed by atoms with Crippen molar-refractivity contribution >= 4 is 0 Å². The summed E-state index contributed by atoms with van der Waals surface area (Å²) < 4.78 is 2.00. The maximum absolute atomic E-state index is 5.92. The number of hydrogen-bond acceptors (Lipinski definition) is 2. The summed E-state index contributed by atoms with van der Waals surface area (Å²) in [4.78, 5) is 0.